The molecule has 1 aromatic rings. The van der Waals surface area contributed by atoms with Gasteiger partial charge in [-0.3, -0.25) is 14.4 Å². The predicted molar refractivity (Wildman–Crippen MR) is 135 cm³/mol. The highest BCUT2D eigenvalue weighted by Crippen LogP contribution is 2.28. The van der Waals surface area contributed by atoms with Crippen molar-refractivity contribution in [2.45, 2.75) is 95.9 Å². The summed E-state index contributed by atoms with van der Waals surface area (Å²) >= 11 is 0. The van der Waals surface area contributed by atoms with Gasteiger partial charge >= 0.3 is 23.9 Å². The Balaban J connectivity index is 2.34. The minimum atomic E-state index is -2.14. The Bertz CT molecular complexity index is 972. The highest BCUT2D eigenvalue weighted by molar-refractivity contribution is 5.81. The van der Waals surface area contributed by atoms with Gasteiger partial charge in [-0.15, -0.1) is 0 Å². The standard InChI is InChI=1S/C27H38FNO10/c1-4-7-20(31)36-19-15-35-25(24(38-22(33)9-6-3)23(19)37-21(32)8-5-2)39-26(34)27(29,16-28)14-17-10-12-18(30)13-11-17/h10-13,19,23-25,30H,4-9,14-16,29H2,1-3H3/t19?,23-,24+,25-,27?/m0/s1. The average Bonchev–Trinajstić information content (AvgIpc) is 2.89. The molecule has 1 saturated heterocycles. The Morgan fingerprint density at radius 3 is 1.92 bits per heavy atom. The molecule has 0 amide bonds. The SMILES string of the molecule is CCCC(=O)OC1CO[C@@H](OC(=O)C(N)(CF)Cc2ccc(O)cc2)[C@H](OC(=O)CCC)[C@H]1OC(=O)CCC. The summed E-state index contributed by atoms with van der Waals surface area (Å²) in [6.07, 6.45) is -4.40. The molecule has 2 unspecified atom stereocenters. The smallest absolute Gasteiger partial charge is 0.331 e. The molecule has 0 spiro atoms. The number of hydrogen-bond acceptors (Lipinski definition) is 11. The van der Waals surface area contributed by atoms with Gasteiger partial charge in [0.1, 0.15) is 18.0 Å². The molecule has 2 rings (SSSR count). The summed E-state index contributed by atoms with van der Waals surface area (Å²) in [5.74, 6) is -3.14. The lowest BCUT2D eigenvalue weighted by atomic mass is 9.93. The molecule has 0 radical (unpaired) electrons. The van der Waals surface area contributed by atoms with E-state index in [4.69, 9.17) is 29.4 Å². The van der Waals surface area contributed by atoms with Crippen LogP contribution in [0.1, 0.15) is 64.9 Å². The summed E-state index contributed by atoms with van der Waals surface area (Å²) in [4.78, 5) is 50.3. The third-order valence-corrected chi connectivity index (χ3v) is 5.89. The van der Waals surface area contributed by atoms with Crippen molar-refractivity contribution in [2.75, 3.05) is 13.3 Å². The lowest BCUT2D eigenvalue weighted by Gasteiger charge is -2.41. The number of carbonyl (C=O) groups excluding carboxylic acids is 4. The van der Waals surface area contributed by atoms with Crippen LogP contribution in [-0.2, 0) is 49.3 Å². The molecule has 12 heteroatoms. The second-order valence-corrected chi connectivity index (χ2v) is 9.43. The Hall–Kier alpha value is -3.25. The lowest BCUT2D eigenvalue weighted by molar-refractivity contribution is -0.277. The summed E-state index contributed by atoms with van der Waals surface area (Å²) in [7, 11) is 0. The van der Waals surface area contributed by atoms with E-state index in [-0.39, 0.29) is 38.0 Å². The summed E-state index contributed by atoms with van der Waals surface area (Å²) in [6.45, 7) is 3.64. The number of ether oxygens (including phenoxy) is 5. The van der Waals surface area contributed by atoms with Gasteiger partial charge in [-0.05, 0) is 37.0 Å². The number of esters is 4. The van der Waals surface area contributed by atoms with E-state index in [1.807, 2.05) is 0 Å². The van der Waals surface area contributed by atoms with E-state index in [2.05, 4.69) is 0 Å². The molecule has 3 N–H and O–H groups in total. The highest BCUT2D eigenvalue weighted by atomic mass is 19.1. The van der Waals surface area contributed by atoms with Gasteiger partial charge < -0.3 is 34.5 Å². The maximum absolute atomic E-state index is 14.1. The van der Waals surface area contributed by atoms with Crippen molar-refractivity contribution in [1.82, 2.24) is 0 Å². The van der Waals surface area contributed by atoms with E-state index in [1.165, 1.54) is 24.3 Å². The van der Waals surface area contributed by atoms with Crippen LogP contribution in [0.5, 0.6) is 5.75 Å². The third kappa shape index (κ3) is 9.47. The van der Waals surface area contributed by atoms with Gasteiger partial charge in [0.05, 0.1) is 6.61 Å². The van der Waals surface area contributed by atoms with Gasteiger partial charge in [-0.2, -0.15) is 0 Å². The van der Waals surface area contributed by atoms with Crippen LogP contribution in [0.25, 0.3) is 0 Å². The van der Waals surface area contributed by atoms with Crippen molar-refractivity contribution in [3.63, 3.8) is 0 Å². The molecular weight excluding hydrogens is 517 g/mol. The van der Waals surface area contributed by atoms with Crippen LogP contribution in [0.2, 0.25) is 0 Å². The molecule has 0 saturated carbocycles. The number of hydrogen-bond donors (Lipinski definition) is 2. The van der Waals surface area contributed by atoms with Gasteiger partial charge in [0.2, 0.25) is 12.4 Å². The molecular formula is C27H38FNO10. The van der Waals surface area contributed by atoms with E-state index < -0.39 is 60.7 Å². The first-order valence-electron chi connectivity index (χ1n) is 13.1. The first kappa shape index (κ1) is 32.0. The van der Waals surface area contributed by atoms with Crippen LogP contribution in [0.15, 0.2) is 24.3 Å². The summed E-state index contributed by atoms with van der Waals surface area (Å²) < 4.78 is 41.6. The fraction of sp³-hybridized carbons (Fsp3) is 0.630. The Labute approximate surface area is 227 Å². The zero-order valence-corrected chi connectivity index (χ0v) is 22.6. The minimum absolute atomic E-state index is 0.000753. The average molecular weight is 556 g/mol. The zero-order chi connectivity index (χ0) is 29.0. The molecule has 5 atom stereocenters. The second kappa shape index (κ2) is 15.4. The first-order chi connectivity index (χ1) is 18.6. The topological polar surface area (TPSA) is 161 Å². The van der Waals surface area contributed by atoms with E-state index in [0.717, 1.165) is 0 Å². The molecule has 0 aliphatic carbocycles. The van der Waals surface area contributed by atoms with Gasteiger partial charge in [-0.1, -0.05) is 32.9 Å². The molecule has 39 heavy (non-hydrogen) atoms. The van der Waals surface area contributed by atoms with Crippen LogP contribution in [0.3, 0.4) is 0 Å². The number of aromatic hydroxyl groups is 1. The van der Waals surface area contributed by atoms with Crippen molar-refractivity contribution in [3.05, 3.63) is 29.8 Å². The van der Waals surface area contributed by atoms with Crippen molar-refractivity contribution in [3.8, 4) is 5.75 Å². The van der Waals surface area contributed by atoms with Gasteiger partial charge in [0, 0.05) is 25.7 Å². The van der Waals surface area contributed by atoms with Crippen LogP contribution >= 0.6 is 0 Å². The Morgan fingerprint density at radius 1 is 0.897 bits per heavy atom. The van der Waals surface area contributed by atoms with E-state index in [0.29, 0.717) is 24.8 Å². The quantitative estimate of drug-likeness (QED) is 0.256. The largest absolute Gasteiger partial charge is 0.508 e. The number of halogens is 1. The van der Waals surface area contributed by atoms with Crippen molar-refractivity contribution < 1.29 is 52.4 Å². The molecule has 1 aromatic carbocycles. The van der Waals surface area contributed by atoms with Crippen LogP contribution < -0.4 is 5.73 Å². The number of phenolic OH excluding ortho intramolecular Hbond substituents is 1. The monoisotopic (exact) mass is 555 g/mol. The maximum Gasteiger partial charge on any atom is 0.331 e. The summed E-state index contributed by atoms with van der Waals surface area (Å²) in [6, 6.07) is 5.68. The zero-order valence-electron chi connectivity index (χ0n) is 22.6. The Morgan fingerprint density at radius 2 is 1.41 bits per heavy atom. The van der Waals surface area contributed by atoms with Crippen LogP contribution in [0, 0.1) is 0 Å². The third-order valence-electron chi connectivity index (χ3n) is 5.89. The van der Waals surface area contributed by atoms with Crippen molar-refractivity contribution in [2.24, 2.45) is 5.73 Å². The number of phenols is 1. The second-order valence-electron chi connectivity index (χ2n) is 9.43. The van der Waals surface area contributed by atoms with Gasteiger partial charge in [0.25, 0.3) is 0 Å². The summed E-state index contributed by atoms with van der Waals surface area (Å²) in [5.41, 5.74) is 4.39. The Kier molecular flexibility index (Phi) is 12.6. The van der Waals surface area contributed by atoms with Gasteiger partial charge in [-0.25, -0.2) is 9.18 Å². The van der Waals surface area contributed by atoms with Crippen molar-refractivity contribution >= 4 is 23.9 Å². The summed E-state index contributed by atoms with van der Waals surface area (Å²) in [5, 5.41) is 9.48. The number of nitrogens with two attached hydrogens (primary N) is 1. The molecule has 11 nitrogen and oxygen atoms in total. The lowest BCUT2D eigenvalue weighted by Crippen LogP contribution is -2.61. The highest BCUT2D eigenvalue weighted by Gasteiger charge is 2.51. The van der Waals surface area contributed by atoms with E-state index in [1.54, 1.807) is 20.8 Å². The maximum atomic E-state index is 14.1. The van der Waals surface area contributed by atoms with E-state index in [9.17, 15) is 28.7 Å². The molecule has 1 aliphatic heterocycles. The molecule has 1 heterocycles. The predicted octanol–water partition coefficient (Wildman–Crippen LogP) is 2.64. The minimum Gasteiger partial charge on any atom is -0.508 e. The van der Waals surface area contributed by atoms with Crippen molar-refractivity contribution in [1.29, 1.82) is 0 Å². The number of alkyl halides is 1. The molecule has 0 bridgehead atoms. The molecule has 1 aliphatic rings. The number of rotatable bonds is 14. The normalized spacial score (nSPS) is 22.3. The van der Waals surface area contributed by atoms with Gasteiger partial charge in [0.15, 0.2) is 12.2 Å². The van der Waals surface area contributed by atoms with Crippen LogP contribution in [-0.4, -0.2) is 72.4 Å². The number of carbonyl (C=O) groups is 4. The fourth-order valence-corrected chi connectivity index (χ4v) is 3.85. The van der Waals surface area contributed by atoms with Crippen LogP contribution in [0.4, 0.5) is 4.39 Å². The molecule has 0 aromatic heterocycles. The molecule has 1 fully saturated rings. The van der Waals surface area contributed by atoms with E-state index >= 15 is 0 Å². The first-order valence-corrected chi connectivity index (χ1v) is 13.1. The number of benzene rings is 1. The fourth-order valence-electron chi connectivity index (χ4n) is 3.85. The molecule has 218 valence electrons.